The van der Waals surface area contributed by atoms with Crippen LogP contribution < -0.4 is 10.1 Å². The van der Waals surface area contributed by atoms with Gasteiger partial charge in [0.2, 0.25) is 10.0 Å². The third kappa shape index (κ3) is 6.11. The summed E-state index contributed by atoms with van der Waals surface area (Å²) in [5, 5.41) is 2.71. The molecule has 31 heavy (non-hydrogen) atoms. The van der Waals surface area contributed by atoms with E-state index in [1.54, 1.807) is 0 Å². The van der Waals surface area contributed by atoms with E-state index in [1.807, 2.05) is 0 Å². The zero-order valence-electron chi connectivity index (χ0n) is 16.3. The highest BCUT2D eigenvalue weighted by Gasteiger charge is 2.31. The van der Waals surface area contributed by atoms with Gasteiger partial charge in [-0.05, 0) is 55.2 Å². The minimum Gasteiger partial charge on any atom is -0.406 e. The zero-order valence-corrected chi connectivity index (χ0v) is 17.9. The van der Waals surface area contributed by atoms with E-state index in [2.05, 4.69) is 10.1 Å². The molecule has 0 saturated carbocycles. The smallest absolute Gasteiger partial charge is 0.406 e. The van der Waals surface area contributed by atoms with Crippen molar-refractivity contribution in [1.29, 1.82) is 0 Å². The molecular weight excluding hydrogens is 457 g/mol. The van der Waals surface area contributed by atoms with Crippen LogP contribution in [0.25, 0.3) is 0 Å². The Hall–Kier alpha value is -2.30. The second kappa shape index (κ2) is 9.46. The Bertz CT molecular complexity index is 1040. The van der Waals surface area contributed by atoms with Crippen molar-refractivity contribution in [2.24, 2.45) is 0 Å². The van der Waals surface area contributed by atoms with Crippen LogP contribution in [0.5, 0.6) is 5.75 Å². The number of alkyl halides is 3. The third-order valence-electron chi connectivity index (χ3n) is 4.73. The van der Waals surface area contributed by atoms with E-state index in [1.165, 1.54) is 46.8 Å². The second-order valence-electron chi connectivity index (χ2n) is 6.95. The van der Waals surface area contributed by atoms with Crippen molar-refractivity contribution < 1.29 is 31.1 Å². The van der Waals surface area contributed by atoms with Crippen LogP contribution in [-0.2, 0) is 16.4 Å². The highest BCUT2D eigenvalue weighted by atomic mass is 35.5. The minimum atomic E-state index is -4.75. The number of carbonyl (C=O) groups is 1. The average molecular weight is 477 g/mol. The van der Waals surface area contributed by atoms with Crippen molar-refractivity contribution in [2.45, 2.75) is 30.5 Å². The van der Waals surface area contributed by atoms with E-state index in [0.29, 0.717) is 25.1 Å². The molecule has 168 valence electrons. The van der Waals surface area contributed by atoms with Gasteiger partial charge in [0.05, 0.1) is 5.02 Å². The Balaban J connectivity index is 1.61. The number of hydrogen-bond acceptors (Lipinski definition) is 4. The maximum Gasteiger partial charge on any atom is 0.573 e. The molecule has 3 rings (SSSR count). The predicted octanol–water partition coefficient (Wildman–Crippen LogP) is 4.00. The first-order valence-corrected chi connectivity index (χ1v) is 11.3. The summed E-state index contributed by atoms with van der Waals surface area (Å²) in [5.41, 5.74) is 0.847. The Kier molecular flexibility index (Phi) is 7.13. The monoisotopic (exact) mass is 476 g/mol. The number of nitrogens with zero attached hydrogens (tertiary/aromatic N) is 1. The molecule has 1 aliphatic heterocycles. The van der Waals surface area contributed by atoms with E-state index in [-0.39, 0.29) is 27.8 Å². The Morgan fingerprint density at radius 2 is 1.74 bits per heavy atom. The summed E-state index contributed by atoms with van der Waals surface area (Å²) in [7, 11) is -3.78. The average Bonchev–Trinajstić information content (AvgIpc) is 3.24. The van der Waals surface area contributed by atoms with Crippen molar-refractivity contribution in [2.75, 3.05) is 19.6 Å². The van der Waals surface area contributed by atoms with Gasteiger partial charge in [-0.25, -0.2) is 8.42 Å². The first-order valence-electron chi connectivity index (χ1n) is 9.49. The van der Waals surface area contributed by atoms with Gasteiger partial charge in [0.15, 0.2) is 0 Å². The van der Waals surface area contributed by atoms with Gasteiger partial charge >= 0.3 is 6.36 Å². The first-order chi connectivity index (χ1) is 14.6. The number of hydrogen-bond donors (Lipinski definition) is 1. The highest BCUT2D eigenvalue weighted by molar-refractivity contribution is 7.89. The van der Waals surface area contributed by atoms with Gasteiger partial charge < -0.3 is 10.1 Å². The van der Waals surface area contributed by atoms with Gasteiger partial charge in [0, 0.05) is 25.2 Å². The van der Waals surface area contributed by atoms with Crippen LogP contribution >= 0.6 is 11.6 Å². The minimum absolute atomic E-state index is 0.0459. The Morgan fingerprint density at radius 1 is 1.10 bits per heavy atom. The number of carbonyl (C=O) groups excluding carboxylic acids is 1. The summed E-state index contributed by atoms with van der Waals surface area (Å²) < 4.78 is 67.3. The summed E-state index contributed by atoms with van der Waals surface area (Å²) in [6.07, 6.45) is -2.83. The molecule has 0 aromatic heterocycles. The molecule has 0 radical (unpaired) electrons. The molecule has 1 amide bonds. The number of amides is 1. The highest BCUT2D eigenvalue weighted by Crippen LogP contribution is 2.28. The quantitative estimate of drug-likeness (QED) is 0.655. The molecule has 1 aliphatic rings. The summed E-state index contributed by atoms with van der Waals surface area (Å²) in [4.78, 5) is 12.3. The van der Waals surface area contributed by atoms with Crippen LogP contribution in [0.3, 0.4) is 0 Å². The normalized spacial score (nSPS) is 15.1. The fourth-order valence-electron chi connectivity index (χ4n) is 3.19. The van der Waals surface area contributed by atoms with Crippen LogP contribution in [0, 0.1) is 0 Å². The fraction of sp³-hybridized carbons (Fsp3) is 0.350. The Labute approximate surface area is 183 Å². The van der Waals surface area contributed by atoms with Crippen molar-refractivity contribution >= 4 is 27.5 Å². The van der Waals surface area contributed by atoms with Gasteiger partial charge in [0.25, 0.3) is 5.91 Å². The zero-order chi connectivity index (χ0) is 22.6. The molecule has 0 unspecified atom stereocenters. The van der Waals surface area contributed by atoms with Crippen LogP contribution in [0.2, 0.25) is 5.02 Å². The molecule has 0 atom stereocenters. The van der Waals surface area contributed by atoms with Crippen molar-refractivity contribution in [1.82, 2.24) is 9.62 Å². The molecule has 6 nitrogen and oxygen atoms in total. The van der Waals surface area contributed by atoms with Crippen LogP contribution in [0.1, 0.15) is 28.8 Å². The molecular formula is C20H20ClF3N2O4S. The molecule has 1 saturated heterocycles. The lowest BCUT2D eigenvalue weighted by atomic mass is 10.1. The van der Waals surface area contributed by atoms with E-state index >= 15 is 0 Å². The van der Waals surface area contributed by atoms with Crippen molar-refractivity contribution in [3.05, 3.63) is 58.6 Å². The van der Waals surface area contributed by atoms with Crippen LogP contribution in [-0.4, -0.2) is 44.6 Å². The summed E-state index contributed by atoms with van der Waals surface area (Å²) in [6, 6.07) is 9.39. The first kappa shape index (κ1) is 23.4. The lowest BCUT2D eigenvalue weighted by Gasteiger charge is -2.17. The maximum atomic E-state index is 12.8. The van der Waals surface area contributed by atoms with E-state index in [4.69, 9.17) is 11.6 Å². The third-order valence-corrected chi connectivity index (χ3v) is 7.11. The topological polar surface area (TPSA) is 75.7 Å². The summed E-state index contributed by atoms with van der Waals surface area (Å²) in [6.45, 7) is 1.04. The van der Waals surface area contributed by atoms with Gasteiger partial charge in [-0.1, -0.05) is 23.7 Å². The molecule has 1 N–H and O–H groups in total. The van der Waals surface area contributed by atoms with Crippen LogP contribution in [0.15, 0.2) is 47.4 Å². The molecule has 11 heteroatoms. The molecule has 0 bridgehead atoms. The van der Waals surface area contributed by atoms with Gasteiger partial charge in [-0.3, -0.25) is 4.79 Å². The molecule has 2 aromatic rings. The largest absolute Gasteiger partial charge is 0.573 e. The molecule has 0 aliphatic carbocycles. The molecule has 1 heterocycles. The maximum absolute atomic E-state index is 12.8. The standard InChI is InChI=1S/C20H20ClF3N2O4S/c21-17-8-5-15(13-18(17)31(28,29)26-11-1-2-12-26)19(27)25-10-9-14-3-6-16(7-4-14)30-20(22,23)24/h3-8,13H,1-2,9-12H2,(H,25,27). The van der Waals surface area contributed by atoms with E-state index in [0.717, 1.165) is 12.8 Å². The Morgan fingerprint density at radius 3 is 2.35 bits per heavy atom. The fourth-order valence-corrected chi connectivity index (χ4v) is 5.21. The van der Waals surface area contributed by atoms with Crippen LogP contribution in [0.4, 0.5) is 13.2 Å². The van der Waals surface area contributed by atoms with Gasteiger partial charge in [-0.2, -0.15) is 4.31 Å². The SMILES string of the molecule is O=C(NCCc1ccc(OC(F)(F)F)cc1)c1ccc(Cl)c(S(=O)(=O)N2CCCC2)c1. The van der Waals surface area contributed by atoms with Crippen molar-refractivity contribution in [3.63, 3.8) is 0 Å². The van der Waals surface area contributed by atoms with E-state index < -0.39 is 22.3 Å². The molecule has 2 aromatic carbocycles. The van der Waals surface area contributed by atoms with Gasteiger partial charge in [-0.15, -0.1) is 13.2 Å². The van der Waals surface area contributed by atoms with Crippen molar-refractivity contribution in [3.8, 4) is 5.75 Å². The second-order valence-corrected chi connectivity index (χ2v) is 9.27. The number of sulfonamides is 1. The molecule has 0 spiro atoms. The number of halogens is 4. The predicted molar refractivity (Wildman–Crippen MR) is 109 cm³/mol. The number of rotatable bonds is 7. The number of ether oxygens (including phenoxy) is 1. The number of benzene rings is 2. The summed E-state index contributed by atoms with van der Waals surface area (Å²) in [5.74, 6) is -0.806. The van der Waals surface area contributed by atoms with E-state index in [9.17, 15) is 26.4 Å². The van der Waals surface area contributed by atoms with Gasteiger partial charge in [0.1, 0.15) is 10.6 Å². The lowest BCUT2D eigenvalue weighted by Crippen LogP contribution is -2.29. The lowest BCUT2D eigenvalue weighted by molar-refractivity contribution is -0.274. The molecule has 1 fully saturated rings. The number of nitrogens with one attached hydrogen (secondary N) is 1. The summed E-state index contributed by atoms with van der Waals surface area (Å²) >= 11 is 6.08.